The summed E-state index contributed by atoms with van der Waals surface area (Å²) in [4.78, 5) is 4.13. The Morgan fingerprint density at radius 2 is 2.25 bits per heavy atom. The SMILES string of the molecule is COc1ccc(CNCc2ccn[nH]2)cn1. The lowest BCUT2D eigenvalue weighted by Crippen LogP contribution is -2.13. The van der Waals surface area contributed by atoms with Gasteiger partial charge >= 0.3 is 0 Å². The molecule has 0 aliphatic heterocycles. The highest BCUT2D eigenvalue weighted by Gasteiger charge is 1.96. The molecule has 0 spiro atoms. The first kappa shape index (κ1) is 10.6. The standard InChI is InChI=1S/C11H14N4O/c1-16-11-3-2-9(7-13-11)6-12-8-10-4-5-14-15-10/h2-5,7,12H,6,8H2,1H3,(H,14,15). The number of hydrogen-bond acceptors (Lipinski definition) is 4. The van der Waals surface area contributed by atoms with Crippen molar-refractivity contribution in [2.24, 2.45) is 0 Å². The van der Waals surface area contributed by atoms with E-state index in [4.69, 9.17) is 4.74 Å². The van der Waals surface area contributed by atoms with Gasteiger partial charge in [-0.2, -0.15) is 5.10 Å². The second-order valence-corrected chi connectivity index (χ2v) is 3.39. The Hall–Kier alpha value is -1.88. The molecule has 0 saturated carbocycles. The van der Waals surface area contributed by atoms with Crippen LogP contribution < -0.4 is 10.1 Å². The molecule has 0 amide bonds. The van der Waals surface area contributed by atoms with Gasteiger partial charge in [-0.25, -0.2) is 4.98 Å². The van der Waals surface area contributed by atoms with E-state index >= 15 is 0 Å². The molecule has 0 atom stereocenters. The summed E-state index contributed by atoms with van der Waals surface area (Å²) < 4.78 is 4.99. The van der Waals surface area contributed by atoms with Gasteiger partial charge < -0.3 is 10.1 Å². The lowest BCUT2D eigenvalue weighted by molar-refractivity contribution is 0.397. The Morgan fingerprint density at radius 1 is 1.31 bits per heavy atom. The first-order valence-electron chi connectivity index (χ1n) is 5.06. The van der Waals surface area contributed by atoms with Crippen LogP contribution in [0.1, 0.15) is 11.3 Å². The van der Waals surface area contributed by atoms with Crippen LogP contribution in [0.3, 0.4) is 0 Å². The minimum absolute atomic E-state index is 0.636. The Labute approximate surface area is 93.9 Å². The summed E-state index contributed by atoms with van der Waals surface area (Å²) in [6.45, 7) is 1.54. The fourth-order valence-corrected chi connectivity index (χ4v) is 1.36. The van der Waals surface area contributed by atoms with Crippen LogP contribution in [0.15, 0.2) is 30.6 Å². The summed E-state index contributed by atoms with van der Waals surface area (Å²) >= 11 is 0. The first-order chi connectivity index (χ1) is 7.88. The summed E-state index contributed by atoms with van der Waals surface area (Å²) in [6, 6.07) is 5.79. The molecule has 0 bridgehead atoms. The van der Waals surface area contributed by atoms with Crippen molar-refractivity contribution in [1.82, 2.24) is 20.5 Å². The lowest BCUT2D eigenvalue weighted by atomic mass is 10.3. The summed E-state index contributed by atoms with van der Waals surface area (Å²) in [5.74, 6) is 0.636. The van der Waals surface area contributed by atoms with Gasteiger partial charge in [0.05, 0.1) is 7.11 Å². The van der Waals surface area contributed by atoms with E-state index in [1.807, 2.05) is 18.2 Å². The number of aromatic nitrogens is 3. The minimum atomic E-state index is 0.636. The van der Waals surface area contributed by atoms with Crippen LogP contribution in [-0.2, 0) is 13.1 Å². The van der Waals surface area contributed by atoms with Gasteiger partial charge in [0.2, 0.25) is 5.88 Å². The zero-order chi connectivity index (χ0) is 11.2. The molecule has 0 saturated heterocycles. The molecule has 0 unspecified atom stereocenters. The Morgan fingerprint density at radius 3 is 2.88 bits per heavy atom. The van der Waals surface area contributed by atoms with E-state index in [1.54, 1.807) is 19.5 Å². The van der Waals surface area contributed by atoms with E-state index in [9.17, 15) is 0 Å². The molecule has 0 fully saturated rings. The Bertz CT molecular complexity index is 410. The van der Waals surface area contributed by atoms with Crippen LogP contribution in [0.5, 0.6) is 5.88 Å². The zero-order valence-electron chi connectivity index (χ0n) is 9.10. The molecule has 2 N–H and O–H groups in total. The molecule has 0 aliphatic carbocycles. The summed E-state index contributed by atoms with van der Waals surface area (Å²) in [7, 11) is 1.61. The van der Waals surface area contributed by atoms with E-state index < -0.39 is 0 Å². The second kappa shape index (κ2) is 5.27. The van der Waals surface area contributed by atoms with Gasteiger partial charge in [0.15, 0.2) is 0 Å². The monoisotopic (exact) mass is 218 g/mol. The quantitative estimate of drug-likeness (QED) is 0.789. The predicted octanol–water partition coefficient (Wildman–Crippen LogP) is 1.10. The molecule has 2 aromatic heterocycles. The summed E-state index contributed by atoms with van der Waals surface area (Å²) in [5.41, 5.74) is 2.20. The van der Waals surface area contributed by atoms with Gasteiger partial charge in [-0.05, 0) is 11.6 Å². The maximum absolute atomic E-state index is 4.99. The highest BCUT2D eigenvalue weighted by Crippen LogP contribution is 2.06. The highest BCUT2D eigenvalue weighted by molar-refractivity contribution is 5.17. The molecular weight excluding hydrogens is 204 g/mol. The van der Waals surface area contributed by atoms with Crippen molar-refractivity contribution in [3.8, 4) is 5.88 Å². The van der Waals surface area contributed by atoms with Gasteiger partial charge in [0.25, 0.3) is 0 Å². The van der Waals surface area contributed by atoms with E-state index in [1.165, 1.54) is 0 Å². The number of methoxy groups -OCH3 is 1. The normalized spacial score (nSPS) is 10.3. The van der Waals surface area contributed by atoms with Gasteiger partial charge in [-0.3, -0.25) is 5.10 Å². The average Bonchev–Trinajstić information content (AvgIpc) is 2.83. The summed E-state index contributed by atoms with van der Waals surface area (Å²) in [6.07, 6.45) is 3.55. The van der Waals surface area contributed by atoms with E-state index in [0.717, 1.165) is 24.3 Å². The van der Waals surface area contributed by atoms with Crippen molar-refractivity contribution in [3.05, 3.63) is 41.9 Å². The van der Waals surface area contributed by atoms with E-state index in [0.29, 0.717) is 5.88 Å². The molecular formula is C11H14N4O. The van der Waals surface area contributed by atoms with Crippen LogP contribution in [0, 0.1) is 0 Å². The van der Waals surface area contributed by atoms with Crippen molar-refractivity contribution in [1.29, 1.82) is 0 Å². The highest BCUT2D eigenvalue weighted by atomic mass is 16.5. The molecule has 0 aliphatic rings. The van der Waals surface area contributed by atoms with Crippen LogP contribution in [0.4, 0.5) is 0 Å². The van der Waals surface area contributed by atoms with Gasteiger partial charge in [-0.1, -0.05) is 6.07 Å². The molecule has 2 rings (SSSR count). The van der Waals surface area contributed by atoms with Crippen molar-refractivity contribution >= 4 is 0 Å². The van der Waals surface area contributed by atoms with Crippen LogP contribution in [0.2, 0.25) is 0 Å². The third-order valence-electron chi connectivity index (χ3n) is 2.21. The Balaban J connectivity index is 1.81. The molecule has 2 heterocycles. The lowest BCUT2D eigenvalue weighted by Gasteiger charge is -2.04. The third-order valence-corrected chi connectivity index (χ3v) is 2.21. The number of aromatic amines is 1. The van der Waals surface area contributed by atoms with E-state index in [-0.39, 0.29) is 0 Å². The van der Waals surface area contributed by atoms with Gasteiger partial charge in [0, 0.05) is 37.2 Å². The van der Waals surface area contributed by atoms with Crippen LogP contribution >= 0.6 is 0 Å². The minimum Gasteiger partial charge on any atom is -0.481 e. The largest absolute Gasteiger partial charge is 0.481 e. The molecule has 0 radical (unpaired) electrons. The molecule has 5 nitrogen and oxygen atoms in total. The summed E-state index contributed by atoms with van der Waals surface area (Å²) in [5, 5.41) is 10.1. The van der Waals surface area contributed by atoms with Gasteiger partial charge in [0.1, 0.15) is 0 Å². The van der Waals surface area contributed by atoms with Crippen LogP contribution in [-0.4, -0.2) is 22.3 Å². The average molecular weight is 218 g/mol. The fraction of sp³-hybridized carbons (Fsp3) is 0.273. The van der Waals surface area contributed by atoms with Gasteiger partial charge in [-0.15, -0.1) is 0 Å². The maximum Gasteiger partial charge on any atom is 0.212 e. The van der Waals surface area contributed by atoms with Crippen molar-refractivity contribution in [3.63, 3.8) is 0 Å². The van der Waals surface area contributed by atoms with E-state index in [2.05, 4.69) is 20.5 Å². The van der Waals surface area contributed by atoms with Crippen molar-refractivity contribution in [2.45, 2.75) is 13.1 Å². The number of H-pyrrole nitrogens is 1. The number of hydrogen-bond donors (Lipinski definition) is 2. The molecule has 0 aromatic carbocycles. The number of rotatable bonds is 5. The topological polar surface area (TPSA) is 62.8 Å². The number of ether oxygens (including phenoxy) is 1. The third kappa shape index (κ3) is 2.80. The molecule has 84 valence electrons. The smallest absolute Gasteiger partial charge is 0.212 e. The molecule has 2 aromatic rings. The Kier molecular flexibility index (Phi) is 3.50. The number of nitrogens with zero attached hydrogens (tertiary/aromatic N) is 2. The first-order valence-corrected chi connectivity index (χ1v) is 5.06. The second-order valence-electron chi connectivity index (χ2n) is 3.39. The zero-order valence-corrected chi connectivity index (χ0v) is 9.10. The number of nitrogens with one attached hydrogen (secondary N) is 2. The predicted molar refractivity (Wildman–Crippen MR) is 59.9 cm³/mol. The fourth-order valence-electron chi connectivity index (χ4n) is 1.36. The van der Waals surface area contributed by atoms with Crippen molar-refractivity contribution < 1.29 is 4.74 Å². The van der Waals surface area contributed by atoms with Crippen molar-refractivity contribution in [2.75, 3.05) is 7.11 Å². The van der Waals surface area contributed by atoms with Crippen LogP contribution in [0.25, 0.3) is 0 Å². The molecule has 5 heteroatoms. The number of pyridine rings is 1. The maximum atomic E-state index is 4.99. The molecule has 16 heavy (non-hydrogen) atoms.